The molecule has 4 nitrogen and oxygen atoms in total. The number of hydrogen-bond donors (Lipinski definition) is 1. The number of pyridine rings is 2. The Bertz CT molecular complexity index is 546. The molecule has 0 aliphatic heterocycles. The van der Waals surface area contributed by atoms with E-state index in [2.05, 4.69) is 4.98 Å². The number of aromatic nitrogens is 2. The summed E-state index contributed by atoms with van der Waals surface area (Å²) < 4.78 is 1.48. The Morgan fingerprint density at radius 3 is 2.93 bits per heavy atom. The summed E-state index contributed by atoms with van der Waals surface area (Å²) in [5.41, 5.74) is 7.29. The molecule has 2 aromatic heterocycles. The van der Waals surface area contributed by atoms with Gasteiger partial charge in [0.2, 0.25) is 0 Å². The molecule has 0 unspecified atom stereocenters. The molecule has 0 atom stereocenters. The first kappa shape index (κ1) is 9.45. The molecule has 76 valence electrons. The van der Waals surface area contributed by atoms with Gasteiger partial charge < -0.3 is 5.73 Å². The van der Waals surface area contributed by atoms with Crippen LogP contribution in [0.25, 0.3) is 5.69 Å². The summed E-state index contributed by atoms with van der Waals surface area (Å²) in [7, 11) is 0. The maximum atomic E-state index is 11.7. The van der Waals surface area contributed by atoms with Gasteiger partial charge in [0.1, 0.15) is 0 Å². The second kappa shape index (κ2) is 3.57. The molecule has 0 radical (unpaired) electrons. The largest absolute Gasteiger partial charge is 0.394 e. The smallest absolute Gasteiger partial charge is 0.278 e. The fourth-order valence-electron chi connectivity index (χ4n) is 1.38. The fourth-order valence-corrected chi connectivity index (χ4v) is 1.38. The van der Waals surface area contributed by atoms with E-state index in [1.165, 1.54) is 4.57 Å². The van der Waals surface area contributed by atoms with E-state index < -0.39 is 0 Å². The number of nitrogen functional groups attached to an aromatic ring is 1. The molecule has 2 heterocycles. The zero-order valence-electron chi connectivity index (χ0n) is 8.34. The van der Waals surface area contributed by atoms with Crippen LogP contribution in [0.4, 0.5) is 5.69 Å². The highest BCUT2D eigenvalue weighted by Crippen LogP contribution is 2.06. The predicted molar refractivity (Wildman–Crippen MR) is 59.0 cm³/mol. The summed E-state index contributed by atoms with van der Waals surface area (Å²) in [4.78, 5) is 15.7. The third-order valence-electron chi connectivity index (χ3n) is 2.12. The Morgan fingerprint density at radius 2 is 2.20 bits per heavy atom. The van der Waals surface area contributed by atoms with Crippen molar-refractivity contribution in [2.45, 2.75) is 6.92 Å². The molecule has 0 bridgehead atoms. The van der Waals surface area contributed by atoms with Gasteiger partial charge in [-0.15, -0.1) is 0 Å². The van der Waals surface area contributed by atoms with Crippen molar-refractivity contribution in [2.75, 3.05) is 5.73 Å². The molecule has 4 heteroatoms. The molecule has 15 heavy (non-hydrogen) atoms. The Hall–Kier alpha value is -2.10. The second-order valence-corrected chi connectivity index (χ2v) is 3.36. The summed E-state index contributed by atoms with van der Waals surface area (Å²) in [6.45, 7) is 1.92. The number of rotatable bonds is 1. The van der Waals surface area contributed by atoms with Crippen LogP contribution in [0.3, 0.4) is 0 Å². The minimum atomic E-state index is -0.218. The Balaban J connectivity index is 2.65. The highest BCUT2D eigenvalue weighted by Gasteiger charge is 2.01. The van der Waals surface area contributed by atoms with Crippen LogP contribution < -0.4 is 11.3 Å². The van der Waals surface area contributed by atoms with E-state index in [9.17, 15) is 4.79 Å². The van der Waals surface area contributed by atoms with Crippen LogP contribution in [0.2, 0.25) is 0 Å². The summed E-state index contributed by atoms with van der Waals surface area (Å²) in [5, 5.41) is 0. The lowest BCUT2D eigenvalue weighted by Gasteiger charge is -2.05. The molecule has 0 fully saturated rings. The van der Waals surface area contributed by atoms with E-state index in [1.54, 1.807) is 30.7 Å². The van der Waals surface area contributed by atoms with E-state index in [1.807, 2.05) is 13.0 Å². The van der Waals surface area contributed by atoms with Crippen LogP contribution in [-0.2, 0) is 0 Å². The van der Waals surface area contributed by atoms with Crippen molar-refractivity contribution in [3.8, 4) is 5.69 Å². The van der Waals surface area contributed by atoms with Crippen molar-refractivity contribution in [1.82, 2.24) is 9.55 Å². The molecule has 2 rings (SSSR count). The Kier molecular flexibility index (Phi) is 2.25. The van der Waals surface area contributed by atoms with Crippen molar-refractivity contribution in [1.29, 1.82) is 0 Å². The van der Waals surface area contributed by atoms with Crippen molar-refractivity contribution in [3.63, 3.8) is 0 Å². The lowest BCUT2D eigenvalue weighted by atomic mass is 10.3. The normalized spacial score (nSPS) is 10.2. The first-order valence-electron chi connectivity index (χ1n) is 4.57. The maximum Gasteiger partial charge on any atom is 0.278 e. The zero-order valence-corrected chi connectivity index (χ0v) is 8.34. The van der Waals surface area contributed by atoms with Crippen LogP contribution >= 0.6 is 0 Å². The van der Waals surface area contributed by atoms with Crippen molar-refractivity contribution in [2.24, 2.45) is 0 Å². The van der Waals surface area contributed by atoms with Gasteiger partial charge in [-0.1, -0.05) is 0 Å². The number of aryl methyl sites for hydroxylation is 1. The van der Waals surface area contributed by atoms with Crippen LogP contribution in [0.15, 0.2) is 41.6 Å². The lowest BCUT2D eigenvalue weighted by molar-refractivity contribution is 0.978. The monoisotopic (exact) mass is 201 g/mol. The number of nitrogens with two attached hydrogens (primary N) is 1. The molecule has 0 aromatic carbocycles. The summed E-state index contributed by atoms with van der Waals surface area (Å²) in [5.74, 6) is 0. The lowest BCUT2D eigenvalue weighted by Crippen LogP contribution is -2.20. The van der Waals surface area contributed by atoms with Gasteiger partial charge >= 0.3 is 0 Å². The van der Waals surface area contributed by atoms with Crippen molar-refractivity contribution < 1.29 is 0 Å². The molecular formula is C11H11N3O. The van der Waals surface area contributed by atoms with Gasteiger partial charge in [-0.2, -0.15) is 0 Å². The molecule has 2 aromatic rings. The standard InChI is InChI=1S/C11H11N3O/c1-8-5-9(7-13-6-8)14-4-2-3-10(12)11(14)15/h2-7H,12H2,1H3. The Labute approximate surface area is 87.0 Å². The van der Waals surface area contributed by atoms with Gasteiger partial charge in [0.15, 0.2) is 0 Å². The molecule has 0 saturated carbocycles. The average Bonchev–Trinajstić information content (AvgIpc) is 2.22. The molecule has 0 aliphatic carbocycles. The summed E-state index contributed by atoms with van der Waals surface area (Å²) in [6.07, 6.45) is 5.05. The summed E-state index contributed by atoms with van der Waals surface area (Å²) >= 11 is 0. The number of nitrogens with zero attached hydrogens (tertiary/aromatic N) is 2. The third kappa shape index (κ3) is 1.74. The zero-order chi connectivity index (χ0) is 10.8. The molecule has 2 N–H and O–H groups in total. The Morgan fingerprint density at radius 1 is 1.40 bits per heavy atom. The van der Waals surface area contributed by atoms with Crippen LogP contribution in [0.1, 0.15) is 5.56 Å². The number of hydrogen-bond acceptors (Lipinski definition) is 3. The quantitative estimate of drug-likeness (QED) is 0.752. The van der Waals surface area contributed by atoms with Gasteiger partial charge in [0.05, 0.1) is 17.6 Å². The first-order chi connectivity index (χ1) is 7.18. The van der Waals surface area contributed by atoms with Gasteiger partial charge in [-0.05, 0) is 30.7 Å². The predicted octanol–water partition coefficient (Wildman–Crippen LogP) is 1.12. The third-order valence-corrected chi connectivity index (χ3v) is 2.12. The second-order valence-electron chi connectivity index (χ2n) is 3.36. The highest BCUT2D eigenvalue weighted by molar-refractivity contribution is 5.39. The molecule has 0 aliphatic rings. The van der Waals surface area contributed by atoms with E-state index >= 15 is 0 Å². The van der Waals surface area contributed by atoms with Crippen LogP contribution in [0, 0.1) is 6.92 Å². The van der Waals surface area contributed by atoms with Gasteiger partial charge in [0.25, 0.3) is 5.56 Å². The highest BCUT2D eigenvalue weighted by atomic mass is 16.1. The van der Waals surface area contributed by atoms with Gasteiger partial charge in [0, 0.05) is 12.4 Å². The topological polar surface area (TPSA) is 60.9 Å². The van der Waals surface area contributed by atoms with Crippen LogP contribution in [0.5, 0.6) is 0 Å². The molecular weight excluding hydrogens is 190 g/mol. The average molecular weight is 201 g/mol. The molecule has 0 spiro atoms. The van der Waals surface area contributed by atoms with Crippen LogP contribution in [-0.4, -0.2) is 9.55 Å². The molecule has 0 amide bonds. The van der Waals surface area contributed by atoms with Gasteiger partial charge in [-0.3, -0.25) is 14.3 Å². The van der Waals surface area contributed by atoms with E-state index in [-0.39, 0.29) is 11.2 Å². The minimum absolute atomic E-state index is 0.218. The van der Waals surface area contributed by atoms with Crippen molar-refractivity contribution in [3.05, 3.63) is 52.7 Å². The van der Waals surface area contributed by atoms with Crippen molar-refractivity contribution >= 4 is 5.69 Å². The van der Waals surface area contributed by atoms with E-state index in [0.29, 0.717) is 0 Å². The SMILES string of the molecule is Cc1cncc(-n2cccc(N)c2=O)c1. The molecule has 0 saturated heterocycles. The van der Waals surface area contributed by atoms with E-state index in [4.69, 9.17) is 5.73 Å². The van der Waals surface area contributed by atoms with Gasteiger partial charge in [-0.25, -0.2) is 0 Å². The summed E-state index contributed by atoms with van der Waals surface area (Å²) in [6, 6.07) is 5.20. The maximum absolute atomic E-state index is 11.7. The minimum Gasteiger partial charge on any atom is -0.394 e. The number of anilines is 1. The fraction of sp³-hybridized carbons (Fsp3) is 0.0909. The first-order valence-corrected chi connectivity index (χ1v) is 4.57. The van der Waals surface area contributed by atoms with E-state index in [0.717, 1.165) is 11.3 Å².